The number of pyridine rings is 1. The Bertz CT molecular complexity index is 503. The summed E-state index contributed by atoms with van der Waals surface area (Å²) in [6.07, 6.45) is 1.40. The summed E-state index contributed by atoms with van der Waals surface area (Å²) in [6, 6.07) is 3.72. The van der Waals surface area contributed by atoms with Gasteiger partial charge < -0.3 is 14.0 Å². The lowest BCUT2D eigenvalue weighted by molar-refractivity contribution is -0.0443. The van der Waals surface area contributed by atoms with Crippen LogP contribution in [0.5, 0.6) is 0 Å². The van der Waals surface area contributed by atoms with E-state index in [1.54, 1.807) is 13.1 Å². The van der Waals surface area contributed by atoms with Gasteiger partial charge in [0.15, 0.2) is 6.29 Å². The molecule has 0 N–H and O–H groups in total. The highest BCUT2D eigenvalue weighted by Gasteiger charge is 2.18. The Labute approximate surface area is 97.6 Å². The van der Waals surface area contributed by atoms with E-state index >= 15 is 0 Å². The molecule has 0 unspecified atom stereocenters. The first-order valence-electron chi connectivity index (χ1n) is 5.33. The zero-order valence-electron chi connectivity index (χ0n) is 9.29. The third-order valence-electron chi connectivity index (χ3n) is 2.44. The lowest BCUT2D eigenvalue weighted by Crippen LogP contribution is -1.99. The Balaban J connectivity index is 1.84. The molecule has 3 rings (SSSR count). The van der Waals surface area contributed by atoms with Gasteiger partial charge in [0.2, 0.25) is 11.7 Å². The van der Waals surface area contributed by atoms with Gasteiger partial charge in [-0.25, -0.2) is 0 Å². The molecular weight excluding hydrogens is 222 g/mol. The van der Waals surface area contributed by atoms with Crippen LogP contribution in [0.3, 0.4) is 0 Å². The summed E-state index contributed by atoms with van der Waals surface area (Å²) in [5.41, 5.74) is 1.56. The van der Waals surface area contributed by atoms with Crippen LogP contribution in [0, 0.1) is 6.92 Å². The number of ether oxygens (including phenoxy) is 2. The van der Waals surface area contributed by atoms with Crippen LogP contribution in [0.15, 0.2) is 22.9 Å². The van der Waals surface area contributed by atoms with Crippen LogP contribution in [0.4, 0.5) is 0 Å². The third-order valence-corrected chi connectivity index (χ3v) is 2.44. The summed E-state index contributed by atoms with van der Waals surface area (Å²) in [4.78, 5) is 8.37. The fourth-order valence-corrected chi connectivity index (χ4v) is 1.63. The van der Waals surface area contributed by atoms with Crippen molar-refractivity contribution in [3.8, 4) is 11.5 Å². The molecule has 0 radical (unpaired) electrons. The number of hydrogen-bond acceptors (Lipinski definition) is 6. The number of nitrogens with zero attached hydrogens (tertiary/aromatic N) is 3. The summed E-state index contributed by atoms with van der Waals surface area (Å²) in [5, 5.41) is 3.80. The van der Waals surface area contributed by atoms with E-state index in [2.05, 4.69) is 15.1 Å². The van der Waals surface area contributed by atoms with Crippen molar-refractivity contribution in [2.45, 2.75) is 13.2 Å². The molecule has 0 saturated carbocycles. The van der Waals surface area contributed by atoms with E-state index in [1.807, 2.05) is 12.1 Å². The number of aromatic nitrogens is 3. The van der Waals surface area contributed by atoms with E-state index < -0.39 is 0 Å². The van der Waals surface area contributed by atoms with Crippen LogP contribution in [-0.4, -0.2) is 28.3 Å². The minimum absolute atomic E-state index is 0.302. The Hall–Kier alpha value is -1.79. The summed E-state index contributed by atoms with van der Waals surface area (Å²) in [5.74, 6) is 1.01. The van der Waals surface area contributed by atoms with Crippen LogP contribution in [-0.2, 0) is 9.47 Å². The zero-order chi connectivity index (χ0) is 11.7. The minimum atomic E-state index is -0.302. The zero-order valence-corrected chi connectivity index (χ0v) is 9.29. The Morgan fingerprint density at radius 1 is 1.24 bits per heavy atom. The second kappa shape index (κ2) is 4.23. The molecule has 0 bridgehead atoms. The molecule has 0 atom stereocenters. The number of rotatable bonds is 2. The minimum Gasteiger partial charge on any atom is -0.346 e. The predicted molar refractivity (Wildman–Crippen MR) is 56.9 cm³/mol. The van der Waals surface area contributed by atoms with Crippen LogP contribution < -0.4 is 0 Å². The predicted octanol–water partition coefficient (Wildman–Crippen LogP) is 1.49. The molecular formula is C11H11N3O3. The SMILES string of the molecule is Cc1nc(-c2ccc(C3OCCO3)cn2)no1. The molecule has 88 valence electrons. The molecule has 0 amide bonds. The Kier molecular flexibility index (Phi) is 2.58. The highest BCUT2D eigenvalue weighted by Crippen LogP contribution is 2.23. The fourth-order valence-electron chi connectivity index (χ4n) is 1.63. The quantitative estimate of drug-likeness (QED) is 0.782. The van der Waals surface area contributed by atoms with Gasteiger partial charge in [0.1, 0.15) is 5.69 Å². The molecule has 0 aliphatic carbocycles. The van der Waals surface area contributed by atoms with Crippen molar-refractivity contribution in [2.24, 2.45) is 0 Å². The Morgan fingerprint density at radius 3 is 2.65 bits per heavy atom. The molecule has 1 fully saturated rings. The highest BCUT2D eigenvalue weighted by atomic mass is 16.7. The summed E-state index contributed by atoms with van der Waals surface area (Å²) < 4.78 is 15.7. The average Bonchev–Trinajstić information content (AvgIpc) is 3.00. The molecule has 0 spiro atoms. The third kappa shape index (κ3) is 2.04. The van der Waals surface area contributed by atoms with E-state index in [1.165, 1.54) is 0 Å². The molecule has 2 aromatic rings. The van der Waals surface area contributed by atoms with Crippen LogP contribution in [0.1, 0.15) is 17.7 Å². The topological polar surface area (TPSA) is 70.3 Å². The number of aryl methyl sites for hydroxylation is 1. The maximum atomic E-state index is 5.38. The summed E-state index contributed by atoms with van der Waals surface area (Å²) in [7, 11) is 0. The van der Waals surface area contributed by atoms with Crippen LogP contribution in [0.2, 0.25) is 0 Å². The van der Waals surface area contributed by atoms with Gasteiger partial charge >= 0.3 is 0 Å². The van der Waals surface area contributed by atoms with Crippen molar-refractivity contribution in [3.05, 3.63) is 29.8 Å². The second-order valence-electron chi connectivity index (χ2n) is 3.69. The summed E-state index contributed by atoms with van der Waals surface area (Å²) in [6.45, 7) is 2.98. The standard InChI is InChI=1S/C11H11N3O3/c1-7-13-10(14-17-7)9-3-2-8(6-12-9)11-15-4-5-16-11/h2-3,6,11H,4-5H2,1H3. The molecule has 6 nitrogen and oxygen atoms in total. The first kappa shape index (κ1) is 10.4. The highest BCUT2D eigenvalue weighted by molar-refractivity contribution is 5.48. The molecule has 1 aliphatic heterocycles. The molecule has 2 aromatic heterocycles. The summed E-state index contributed by atoms with van der Waals surface area (Å²) >= 11 is 0. The monoisotopic (exact) mass is 233 g/mol. The van der Waals surface area contributed by atoms with Gasteiger partial charge in [0.25, 0.3) is 0 Å². The molecule has 1 saturated heterocycles. The van der Waals surface area contributed by atoms with Gasteiger partial charge in [-0.2, -0.15) is 4.98 Å². The van der Waals surface area contributed by atoms with Crippen LogP contribution >= 0.6 is 0 Å². The van der Waals surface area contributed by atoms with Gasteiger partial charge in [-0.15, -0.1) is 0 Å². The maximum Gasteiger partial charge on any atom is 0.223 e. The van der Waals surface area contributed by atoms with E-state index in [0.717, 1.165) is 5.56 Å². The van der Waals surface area contributed by atoms with Gasteiger partial charge in [-0.1, -0.05) is 11.2 Å². The van der Waals surface area contributed by atoms with Gasteiger partial charge in [0, 0.05) is 18.7 Å². The lowest BCUT2D eigenvalue weighted by Gasteiger charge is -2.08. The normalized spacial score (nSPS) is 16.5. The van der Waals surface area contributed by atoms with E-state index in [-0.39, 0.29) is 6.29 Å². The molecule has 1 aliphatic rings. The van der Waals surface area contributed by atoms with Gasteiger partial charge in [0.05, 0.1) is 13.2 Å². The van der Waals surface area contributed by atoms with Gasteiger partial charge in [-0.05, 0) is 6.07 Å². The molecule has 17 heavy (non-hydrogen) atoms. The largest absolute Gasteiger partial charge is 0.346 e. The number of hydrogen-bond donors (Lipinski definition) is 0. The molecule has 3 heterocycles. The van der Waals surface area contributed by atoms with Gasteiger partial charge in [-0.3, -0.25) is 4.98 Å². The van der Waals surface area contributed by atoms with Crippen molar-refractivity contribution in [1.82, 2.24) is 15.1 Å². The smallest absolute Gasteiger partial charge is 0.223 e. The first-order valence-corrected chi connectivity index (χ1v) is 5.33. The van der Waals surface area contributed by atoms with E-state index in [4.69, 9.17) is 14.0 Å². The molecule has 6 heteroatoms. The molecule has 0 aromatic carbocycles. The Morgan fingerprint density at radius 2 is 2.06 bits per heavy atom. The first-order chi connectivity index (χ1) is 8.33. The van der Waals surface area contributed by atoms with Crippen molar-refractivity contribution < 1.29 is 14.0 Å². The van der Waals surface area contributed by atoms with E-state index in [0.29, 0.717) is 30.6 Å². The maximum absolute atomic E-state index is 5.38. The average molecular weight is 233 g/mol. The lowest BCUT2D eigenvalue weighted by atomic mass is 10.2. The van der Waals surface area contributed by atoms with Crippen molar-refractivity contribution in [1.29, 1.82) is 0 Å². The second-order valence-corrected chi connectivity index (χ2v) is 3.69. The van der Waals surface area contributed by atoms with Crippen molar-refractivity contribution in [3.63, 3.8) is 0 Å². The van der Waals surface area contributed by atoms with Crippen molar-refractivity contribution >= 4 is 0 Å². The van der Waals surface area contributed by atoms with Crippen molar-refractivity contribution in [2.75, 3.05) is 13.2 Å². The fraction of sp³-hybridized carbons (Fsp3) is 0.364. The van der Waals surface area contributed by atoms with E-state index in [9.17, 15) is 0 Å². The van der Waals surface area contributed by atoms with Crippen LogP contribution in [0.25, 0.3) is 11.5 Å².